The molecule has 0 unspecified atom stereocenters. The molecule has 0 aliphatic rings. The predicted octanol–water partition coefficient (Wildman–Crippen LogP) is 4.99. The summed E-state index contributed by atoms with van der Waals surface area (Å²) in [6.45, 7) is 0. The number of esters is 1. The van der Waals surface area contributed by atoms with Crippen molar-refractivity contribution in [3.63, 3.8) is 0 Å². The molecule has 1 N–H and O–H groups in total. The summed E-state index contributed by atoms with van der Waals surface area (Å²) in [5, 5.41) is 4.56. The number of hydrogen-bond donors (Lipinski definition) is 1. The fraction of sp³-hybridized carbons (Fsp3) is 0.0455. The summed E-state index contributed by atoms with van der Waals surface area (Å²) in [5.41, 5.74) is 3.65. The van der Waals surface area contributed by atoms with E-state index in [1.165, 1.54) is 18.3 Å². The van der Waals surface area contributed by atoms with Crippen molar-refractivity contribution >= 4 is 41.3 Å². The van der Waals surface area contributed by atoms with Gasteiger partial charge in [-0.3, -0.25) is 4.79 Å². The van der Waals surface area contributed by atoms with Gasteiger partial charge in [-0.25, -0.2) is 10.2 Å². The van der Waals surface area contributed by atoms with Gasteiger partial charge in [-0.15, -0.1) is 0 Å². The first-order valence-corrected chi connectivity index (χ1v) is 9.46. The second-order valence-corrected chi connectivity index (χ2v) is 6.86. The zero-order valence-corrected chi connectivity index (χ0v) is 17.3. The monoisotopic (exact) mass is 442 g/mol. The summed E-state index contributed by atoms with van der Waals surface area (Å²) >= 11 is 11.8. The van der Waals surface area contributed by atoms with E-state index in [4.69, 9.17) is 32.7 Å². The average molecular weight is 443 g/mol. The number of hydrazone groups is 1. The Morgan fingerprint density at radius 2 is 1.73 bits per heavy atom. The largest absolute Gasteiger partial charge is 0.497 e. The quantitative estimate of drug-likeness (QED) is 0.252. The normalized spacial score (nSPS) is 10.6. The van der Waals surface area contributed by atoms with E-state index in [0.717, 1.165) is 0 Å². The van der Waals surface area contributed by atoms with Gasteiger partial charge in [-0.05, 0) is 60.2 Å². The Balaban J connectivity index is 1.63. The van der Waals surface area contributed by atoms with Crippen molar-refractivity contribution in [2.45, 2.75) is 0 Å². The highest BCUT2D eigenvalue weighted by Crippen LogP contribution is 2.21. The van der Waals surface area contributed by atoms with Crippen molar-refractivity contribution in [3.05, 3.63) is 93.5 Å². The van der Waals surface area contributed by atoms with Crippen LogP contribution in [0.2, 0.25) is 10.0 Å². The van der Waals surface area contributed by atoms with Gasteiger partial charge in [0.2, 0.25) is 0 Å². The zero-order chi connectivity index (χ0) is 21.5. The van der Waals surface area contributed by atoms with Gasteiger partial charge >= 0.3 is 5.97 Å². The highest BCUT2D eigenvalue weighted by Gasteiger charge is 2.10. The van der Waals surface area contributed by atoms with Crippen LogP contribution in [0.3, 0.4) is 0 Å². The van der Waals surface area contributed by atoms with Gasteiger partial charge in [0.1, 0.15) is 11.5 Å². The standard InChI is InChI=1S/C22H16Cl2N2O4/c1-29-17-8-5-15(6-9-17)22(28)30-18-4-2-3-14(11-18)13-25-26-21(27)19-10-7-16(23)12-20(19)24/h2-13H,1H3,(H,26,27)/b25-13+. The molecule has 0 atom stereocenters. The Labute approximate surface area is 183 Å². The van der Waals surface area contributed by atoms with Crippen LogP contribution in [-0.2, 0) is 0 Å². The number of amides is 1. The number of carbonyl (C=O) groups excluding carboxylic acids is 2. The fourth-order valence-corrected chi connectivity index (χ4v) is 2.95. The molecule has 0 spiro atoms. The van der Waals surface area contributed by atoms with E-state index in [2.05, 4.69) is 10.5 Å². The minimum atomic E-state index is -0.502. The molecule has 0 bridgehead atoms. The van der Waals surface area contributed by atoms with Gasteiger partial charge < -0.3 is 9.47 Å². The van der Waals surface area contributed by atoms with Crippen molar-refractivity contribution < 1.29 is 19.1 Å². The lowest BCUT2D eigenvalue weighted by Gasteiger charge is -2.06. The van der Waals surface area contributed by atoms with Gasteiger partial charge in [0, 0.05) is 5.02 Å². The van der Waals surface area contributed by atoms with Crippen molar-refractivity contribution in [1.82, 2.24) is 5.43 Å². The van der Waals surface area contributed by atoms with Crippen LogP contribution >= 0.6 is 23.2 Å². The molecule has 0 saturated heterocycles. The van der Waals surface area contributed by atoms with Crippen molar-refractivity contribution in [2.75, 3.05) is 7.11 Å². The van der Waals surface area contributed by atoms with Crippen molar-refractivity contribution in [3.8, 4) is 11.5 Å². The van der Waals surface area contributed by atoms with Crippen LogP contribution in [0.4, 0.5) is 0 Å². The van der Waals surface area contributed by atoms with E-state index in [1.54, 1.807) is 61.7 Å². The first-order chi connectivity index (χ1) is 14.5. The molecule has 3 rings (SSSR count). The number of benzene rings is 3. The van der Waals surface area contributed by atoms with E-state index in [1.807, 2.05) is 0 Å². The van der Waals surface area contributed by atoms with Crippen LogP contribution in [-0.4, -0.2) is 25.2 Å². The van der Waals surface area contributed by atoms with Crippen LogP contribution in [0.25, 0.3) is 0 Å². The van der Waals surface area contributed by atoms with E-state index in [0.29, 0.717) is 27.6 Å². The Kier molecular flexibility index (Phi) is 7.06. The number of rotatable bonds is 6. The lowest BCUT2D eigenvalue weighted by molar-refractivity contribution is 0.0734. The topological polar surface area (TPSA) is 77.0 Å². The molecule has 0 aliphatic heterocycles. The lowest BCUT2D eigenvalue weighted by atomic mass is 10.2. The SMILES string of the molecule is COc1ccc(C(=O)Oc2cccc(/C=N/NC(=O)c3ccc(Cl)cc3Cl)c2)cc1. The molecular weight excluding hydrogens is 427 g/mol. The van der Waals surface area contributed by atoms with Crippen molar-refractivity contribution in [1.29, 1.82) is 0 Å². The number of ether oxygens (including phenoxy) is 2. The molecule has 0 fully saturated rings. The summed E-state index contributed by atoms with van der Waals surface area (Å²) in [6.07, 6.45) is 1.42. The fourth-order valence-electron chi connectivity index (χ4n) is 2.45. The maximum Gasteiger partial charge on any atom is 0.343 e. The molecule has 3 aromatic carbocycles. The molecule has 3 aromatic rings. The Morgan fingerprint density at radius 3 is 2.43 bits per heavy atom. The van der Waals surface area contributed by atoms with E-state index in [-0.39, 0.29) is 10.6 Å². The number of carbonyl (C=O) groups is 2. The van der Waals surface area contributed by atoms with Gasteiger partial charge in [-0.2, -0.15) is 5.10 Å². The Hall–Kier alpha value is -3.35. The van der Waals surface area contributed by atoms with E-state index in [9.17, 15) is 9.59 Å². The molecule has 0 aromatic heterocycles. The van der Waals surface area contributed by atoms with E-state index < -0.39 is 11.9 Å². The zero-order valence-electron chi connectivity index (χ0n) is 15.8. The molecule has 0 aliphatic carbocycles. The van der Waals surface area contributed by atoms with Crippen LogP contribution in [0.15, 0.2) is 71.8 Å². The van der Waals surface area contributed by atoms with E-state index >= 15 is 0 Å². The smallest absolute Gasteiger partial charge is 0.343 e. The highest BCUT2D eigenvalue weighted by atomic mass is 35.5. The molecule has 0 radical (unpaired) electrons. The average Bonchev–Trinajstić information content (AvgIpc) is 2.74. The predicted molar refractivity (Wildman–Crippen MR) is 116 cm³/mol. The molecule has 30 heavy (non-hydrogen) atoms. The third-order valence-electron chi connectivity index (χ3n) is 3.95. The molecule has 152 valence electrons. The number of nitrogens with one attached hydrogen (secondary N) is 1. The molecule has 1 amide bonds. The van der Waals surface area contributed by atoms with Gasteiger partial charge in [0.25, 0.3) is 5.91 Å². The summed E-state index contributed by atoms with van der Waals surface area (Å²) in [4.78, 5) is 24.4. The summed E-state index contributed by atoms with van der Waals surface area (Å²) in [6, 6.07) is 17.8. The van der Waals surface area contributed by atoms with Crippen LogP contribution < -0.4 is 14.9 Å². The van der Waals surface area contributed by atoms with Gasteiger partial charge in [-0.1, -0.05) is 35.3 Å². The number of hydrogen-bond acceptors (Lipinski definition) is 5. The molecule has 8 heteroatoms. The second-order valence-electron chi connectivity index (χ2n) is 6.01. The first-order valence-electron chi connectivity index (χ1n) is 8.71. The van der Waals surface area contributed by atoms with Crippen molar-refractivity contribution in [2.24, 2.45) is 5.10 Å². The second kappa shape index (κ2) is 9.91. The van der Waals surface area contributed by atoms with Crippen LogP contribution in [0.5, 0.6) is 11.5 Å². The molecule has 0 saturated carbocycles. The summed E-state index contributed by atoms with van der Waals surface area (Å²) in [7, 11) is 1.55. The number of halogens is 2. The molecule has 0 heterocycles. The van der Waals surface area contributed by atoms with Crippen LogP contribution in [0, 0.1) is 0 Å². The maximum atomic E-state index is 12.3. The van der Waals surface area contributed by atoms with Gasteiger partial charge in [0.15, 0.2) is 0 Å². The third-order valence-corrected chi connectivity index (χ3v) is 4.50. The summed E-state index contributed by atoms with van der Waals surface area (Å²) < 4.78 is 10.4. The third kappa shape index (κ3) is 5.59. The van der Waals surface area contributed by atoms with Gasteiger partial charge in [0.05, 0.1) is 29.5 Å². The number of nitrogens with zero attached hydrogens (tertiary/aromatic N) is 1. The molecular formula is C22H16Cl2N2O4. The summed E-state index contributed by atoms with van der Waals surface area (Å²) in [5.74, 6) is 0.00552. The minimum Gasteiger partial charge on any atom is -0.497 e. The number of methoxy groups -OCH3 is 1. The first kappa shape index (κ1) is 21.4. The highest BCUT2D eigenvalue weighted by molar-refractivity contribution is 6.36. The molecule has 6 nitrogen and oxygen atoms in total. The Morgan fingerprint density at radius 1 is 0.967 bits per heavy atom. The minimum absolute atomic E-state index is 0.225. The van der Waals surface area contributed by atoms with Crippen LogP contribution in [0.1, 0.15) is 26.3 Å². The maximum absolute atomic E-state index is 12.3. The lowest BCUT2D eigenvalue weighted by Crippen LogP contribution is -2.18. The Bertz CT molecular complexity index is 1100.